The Kier molecular flexibility index (Phi) is 8.45. The second-order valence-corrected chi connectivity index (χ2v) is 6.29. The molecular weight excluding hydrogens is 380 g/mol. The largest absolute Gasteiger partial charge is 0.513 e. The first-order valence-electron chi connectivity index (χ1n) is 9.62. The Morgan fingerprint density at radius 3 is 2.00 bits per heavy atom. The summed E-state index contributed by atoms with van der Waals surface area (Å²) in [5.41, 5.74) is 0.461. The van der Waals surface area contributed by atoms with Gasteiger partial charge in [0.25, 0.3) is 5.91 Å². The lowest BCUT2D eigenvalue weighted by atomic mass is 10.1. The van der Waals surface area contributed by atoms with Gasteiger partial charge in [0.05, 0.1) is 19.6 Å². The van der Waals surface area contributed by atoms with Gasteiger partial charge in [0, 0.05) is 38.2 Å². The Morgan fingerprint density at radius 2 is 1.41 bits per heavy atom. The maximum atomic E-state index is 12.6. The molecule has 2 amide bonds. The molecule has 9 heteroatoms. The van der Waals surface area contributed by atoms with Gasteiger partial charge in [0.2, 0.25) is 5.91 Å². The summed E-state index contributed by atoms with van der Waals surface area (Å²) in [7, 11) is 0. The van der Waals surface area contributed by atoms with Gasteiger partial charge in [-0.25, -0.2) is 4.79 Å². The molecule has 0 atom stereocenters. The van der Waals surface area contributed by atoms with Crippen molar-refractivity contribution in [3.8, 4) is 5.75 Å². The molecule has 0 N–H and O–H groups in total. The normalized spacial score (nSPS) is 13.6. The fourth-order valence-corrected chi connectivity index (χ4v) is 2.85. The molecule has 0 aromatic heterocycles. The predicted molar refractivity (Wildman–Crippen MR) is 102 cm³/mol. The molecule has 0 unspecified atom stereocenters. The lowest BCUT2D eigenvalue weighted by molar-refractivity contribution is -0.146. The Hall–Kier alpha value is -3.10. The first kappa shape index (κ1) is 22.2. The summed E-state index contributed by atoms with van der Waals surface area (Å²) in [6.07, 6.45) is -0.629. The average molecular weight is 406 g/mol. The fourth-order valence-electron chi connectivity index (χ4n) is 2.85. The van der Waals surface area contributed by atoms with Gasteiger partial charge in [-0.05, 0) is 38.1 Å². The van der Waals surface area contributed by atoms with E-state index in [-0.39, 0.29) is 43.0 Å². The monoisotopic (exact) mass is 406 g/mol. The third-order valence-electron chi connectivity index (χ3n) is 4.33. The van der Waals surface area contributed by atoms with Gasteiger partial charge >= 0.3 is 12.1 Å². The van der Waals surface area contributed by atoms with Crippen molar-refractivity contribution in [2.45, 2.75) is 26.7 Å². The van der Waals surface area contributed by atoms with Crippen LogP contribution >= 0.6 is 0 Å². The van der Waals surface area contributed by atoms with Crippen LogP contribution in [0.15, 0.2) is 24.3 Å². The van der Waals surface area contributed by atoms with E-state index >= 15 is 0 Å². The Morgan fingerprint density at radius 1 is 0.828 bits per heavy atom. The number of amides is 2. The molecule has 1 aromatic rings. The number of rotatable bonds is 7. The molecule has 0 spiro atoms. The molecule has 1 fully saturated rings. The highest BCUT2D eigenvalue weighted by Crippen LogP contribution is 2.16. The van der Waals surface area contributed by atoms with E-state index in [1.54, 1.807) is 35.8 Å². The van der Waals surface area contributed by atoms with Crippen molar-refractivity contribution in [3.05, 3.63) is 29.8 Å². The summed E-state index contributed by atoms with van der Waals surface area (Å²) < 4.78 is 14.5. The van der Waals surface area contributed by atoms with Crippen LogP contribution < -0.4 is 4.74 Å². The zero-order chi connectivity index (χ0) is 21.2. The van der Waals surface area contributed by atoms with Crippen molar-refractivity contribution >= 4 is 23.9 Å². The summed E-state index contributed by atoms with van der Waals surface area (Å²) >= 11 is 0. The Balaban J connectivity index is 1.81. The number of hydrogen-bond donors (Lipinski definition) is 0. The molecule has 0 aliphatic carbocycles. The summed E-state index contributed by atoms with van der Waals surface area (Å²) in [6.45, 7) is 5.55. The minimum Gasteiger partial charge on any atom is -0.466 e. The molecular formula is C20H26N2O7. The van der Waals surface area contributed by atoms with E-state index in [1.807, 2.05) is 0 Å². The van der Waals surface area contributed by atoms with E-state index < -0.39 is 6.16 Å². The van der Waals surface area contributed by atoms with Crippen LogP contribution in [-0.2, 0) is 19.1 Å². The zero-order valence-electron chi connectivity index (χ0n) is 16.7. The highest BCUT2D eigenvalue weighted by Gasteiger charge is 2.25. The first-order chi connectivity index (χ1) is 13.9. The quantitative estimate of drug-likeness (QED) is 0.503. The number of esters is 1. The molecule has 9 nitrogen and oxygen atoms in total. The number of hydrogen-bond acceptors (Lipinski definition) is 7. The van der Waals surface area contributed by atoms with Gasteiger partial charge in [-0.15, -0.1) is 0 Å². The van der Waals surface area contributed by atoms with Crippen LogP contribution in [0.5, 0.6) is 5.75 Å². The van der Waals surface area contributed by atoms with E-state index in [4.69, 9.17) is 14.2 Å². The average Bonchev–Trinajstić information content (AvgIpc) is 2.72. The summed E-state index contributed by atoms with van der Waals surface area (Å²) in [6, 6.07) is 6.21. The van der Waals surface area contributed by atoms with E-state index in [9.17, 15) is 19.2 Å². The van der Waals surface area contributed by atoms with Crippen molar-refractivity contribution in [1.82, 2.24) is 9.80 Å². The minimum atomic E-state index is -0.796. The van der Waals surface area contributed by atoms with Crippen molar-refractivity contribution < 1.29 is 33.4 Å². The maximum absolute atomic E-state index is 12.6. The van der Waals surface area contributed by atoms with E-state index in [0.29, 0.717) is 38.3 Å². The molecule has 158 valence electrons. The van der Waals surface area contributed by atoms with Crippen LogP contribution in [0.1, 0.15) is 37.0 Å². The molecule has 29 heavy (non-hydrogen) atoms. The lowest BCUT2D eigenvalue weighted by Gasteiger charge is -2.34. The highest BCUT2D eigenvalue weighted by molar-refractivity contribution is 5.94. The topological polar surface area (TPSA) is 102 Å². The van der Waals surface area contributed by atoms with Gasteiger partial charge < -0.3 is 24.0 Å². The summed E-state index contributed by atoms with van der Waals surface area (Å²) in [5.74, 6) is -0.376. The van der Waals surface area contributed by atoms with Crippen molar-refractivity contribution in [2.24, 2.45) is 0 Å². The molecule has 0 saturated carbocycles. The smallest absolute Gasteiger partial charge is 0.466 e. The Labute approximate surface area is 169 Å². The number of benzene rings is 1. The fraction of sp³-hybridized carbons (Fsp3) is 0.500. The van der Waals surface area contributed by atoms with Gasteiger partial charge in [-0.2, -0.15) is 0 Å². The molecule has 1 aliphatic rings. The Bertz CT molecular complexity index is 725. The van der Waals surface area contributed by atoms with Crippen LogP contribution in [-0.4, -0.2) is 73.1 Å². The molecule has 1 saturated heterocycles. The van der Waals surface area contributed by atoms with E-state index in [2.05, 4.69) is 0 Å². The third-order valence-corrected chi connectivity index (χ3v) is 4.33. The number of nitrogens with zero attached hydrogens (tertiary/aromatic N) is 2. The molecule has 0 radical (unpaired) electrons. The highest BCUT2D eigenvalue weighted by atomic mass is 16.7. The van der Waals surface area contributed by atoms with Crippen LogP contribution in [0.4, 0.5) is 4.79 Å². The molecule has 1 heterocycles. The molecule has 1 aliphatic heterocycles. The maximum Gasteiger partial charge on any atom is 0.513 e. The third kappa shape index (κ3) is 6.78. The molecule has 0 bridgehead atoms. The van der Waals surface area contributed by atoms with Crippen molar-refractivity contribution in [1.29, 1.82) is 0 Å². The van der Waals surface area contributed by atoms with E-state index in [1.165, 1.54) is 12.1 Å². The number of carbonyl (C=O) groups excluding carboxylic acids is 4. The van der Waals surface area contributed by atoms with Crippen LogP contribution in [0.3, 0.4) is 0 Å². The lowest BCUT2D eigenvalue weighted by Crippen LogP contribution is -2.50. The molecule has 1 aromatic carbocycles. The number of ether oxygens (including phenoxy) is 3. The zero-order valence-corrected chi connectivity index (χ0v) is 16.7. The first-order valence-corrected chi connectivity index (χ1v) is 9.62. The van der Waals surface area contributed by atoms with Crippen LogP contribution in [0.2, 0.25) is 0 Å². The van der Waals surface area contributed by atoms with Crippen molar-refractivity contribution in [3.63, 3.8) is 0 Å². The van der Waals surface area contributed by atoms with Gasteiger partial charge in [-0.1, -0.05) is 0 Å². The van der Waals surface area contributed by atoms with Crippen LogP contribution in [0, 0.1) is 0 Å². The summed E-state index contributed by atoms with van der Waals surface area (Å²) in [4.78, 5) is 50.8. The standard InChI is InChI=1S/C20H26N2O7/c1-3-27-18(24)10-9-17(23)21-11-13-22(14-12-21)19(25)15-5-7-16(8-6-15)29-20(26)28-4-2/h5-8H,3-4,9-14H2,1-2H3. The van der Waals surface area contributed by atoms with Gasteiger partial charge in [0.1, 0.15) is 5.75 Å². The van der Waals surface area contributed by atoms with Gasteiger partial charge in [0.15, 0.2) is 0 Å². The number of piperazine rings is 1. The van der Waals surface area contributed by atoms with Crippen molar-refractivity contribution in [2.75, 3.05) is 39.4 Å². The van der Waals surface area contributed by atoms with E-state index in [0.717, 1.165) is 0 Å². The summed E-state index contributed by atoms with van der Waals surface area (Å²) in [5, 5.41) is 0. The predicted octanol–water partition coefficient (Wildman–Crippen LogP) is 1.85. The van der Waals surface area contributed by atoms with Gasteiger partial charge in [-0.3, -0.25) is 14.4 Å². The second kappa shape index (κ2) is 11.0. The second-order valence-electron chi connectivity index (χ2n) is 6.29. The number of carbonyl (C=O) groups is 4. The SMILES string of the molecule is CCOC(=O)CCC(=O)N1CCN(C(=O)c2ccc(OC(=O)OCC)cc2)CC1. The molecule has 2 rings (SSSR count). The van der Waals surface area contributed by atoms with Crippen LogP contribution in [0.25, 0.3) is 0 Å². The minimum absolute atomic E-state index is 0.0615.